The number of nitrogens with zero attached hydrogens (tertiary/aromatic N) is 5. The van der Waals surface area contributed by atoms with Crippen molar-refractivity contribution >= 4 is 35.9 Å². The maximum absolute atomic E-state index is 6.00. The van der Waals surface area contributed by atoms with E-state index in [4.69, 9.17) is 9.73 Å². The van der Waals surface area contributed by atoms with Crippen LogP contribution in [0, 0.1) is 0 Å². The molecular weight excluding hydrogens is 505 g/mol. The van der Waals surface area contributed by atoms with Gasteiger partial charge in [-0.15, -0.1) is 24.0 Å². The van der Waals surface area contributed by atoms with Crippen LogP contribution in [0.4, 0.5) is 5.95 Å². The minimum atomic E-state index is 0. The second kappa shape index (κ2) is 12.0. The SMILES string of the molecule is CCNC(=NCC1Cc2ccccc2O1)NCCN1CCN(c2ncccn2)CC1.I. The smallest absolute Gasteiger partial charge is 0.225 e. The standard InChI is InChI=1S/C22H31N7O.HI/c1-2-23-21(27-17-19-16-18-6-3-4-7-20(18)30-19)24-10-11-28-12-14-29(15-13-28)22-25-8-5-9-26-22;/h3-9,19H,2,10-17H2,1H3,(H2,23,24,27);1H. The summed E-state index contributed by atoms with van der Waals surface area (Å²) in [6.45, 7) is 9.37. The number of halogens is 1. The van der Waals surface area contributed by atoms with Crippen molar-refractivity contribution in [1.82, 2.24) is 25.5 Å². The minimum Gasteiger partial charge on any atom is -0.488 e. The molecule has 3 heterocycles. The summed E-state index contributed by atoms with van der Waals surface area (Å²) in [5.41, 5.74) is 1.27. The van der Waals surface area contributed by atoms with Crippen LogP contribution in [0.2, 0.25) is 0 Å². The molecule has 0 bridgehead atoms. The van der Waals surface area contributed by atoms with E-state index in [0.717, 1.165) is 69.9 Å². The van der Waals surface area contributed by atoms with Gasteiger partial charge < -0.3 is 20.3 Å². The fraction of sp³-hybridized carbons (Fsp3) is 0.500. The lowest BCUT2D eigenvalue weighted by Crippen LogP contribution is -2.49. The number of rotatable bonds is 7. The van der Waals surface area contributed by atoms with Gasteiger partial charge in [-0.25, -0.2) is 15.0 Å². The van der Waals surface area contributed by atoms with Crippen LogP contribution in [0.3, 0.4) is 0 Å². The highest BCUT2D eigenvalue weighted by molar-refractivity contribution is 14.0. The first-order valence-corrected chi connectivity index (χ1v) is 10.8. The predicted octanol–water partition coefficient (Wildman–Crippen LogP) is 1.78. The summed E-state index contributed by atoms with van der Waals surface area (Å²) < 4.78 is 6.00. The number of hydrogen-bond acceptors (Lipinski definition) is 6. The van der Waals surface area contributed by atoms with E-state index in [-0.39, 0.29) is 30.1 Å². The maximum Gasteiger partial charge on any atom is 0.225 e. The Kier molecular flexibility index (Phi) is 9.13. The van der Waals surface area contributed by atoms with Crippen LogP contribution in [-0.4, -0.2) is 79.3 Å². The average Bonchev–Trinajstić information content (AvgIpc) is 3.22. The lowest BCUT2D eigenvalue weighted by molar-refractivity contribution is 0.241. The molecule has 8 nitrogen and oxygen atoms in total. The molecule has 9 heteroatoms. The molecule has 0 amide bonds. The predicted molar refractivity (Wildman–Crippen MR) is 135 cm³/mol. The molecule has 2 N–H and O–H groups in total. The third-order valence-electron chi connectivity index (χ3n) is 5.44. The molecule has 0 aliphatic carbocycles. The second-order valence-electron chi connectivity index (χ2n) is 7.58. The van der Waals surface area contributed by atoms with Crippen LogP contribution >= 0.6 is 24.0 Å². The molecule has 1 saturated heterocycles. The first-order chi connectivity index (χ1) is 14.8. The number of para-hydroxylation sites is 1. The number of aromatic nitrogens is 2. The van der Waals surface area contributed by atoms with Crippen molar-refractivity contribution < 1.29 is 4.74 Å². The lowest BCUT2D eigenvalue weighted by Gasteiger charge is -2.34. The molecule has 168 valence electrons. The Balaban J connectivity index is 0.00000272. The average molecular weight is 537 g/mol. The Morgan fingerprint density at radius 3 is 2.61 bits per heavy atom. The highest BCUT2D eigenvalue weighted by Crippen LogP contribution is 2.28. The highest BCUT2D eigenvalue weighted by Gasteiger charge is 2.22. The van der Waals surface area contributed by atoms with Gasteiger partial charge >= 0.3 is 0 Å². The zero-order chi connectivity index (χ0) is 20.6. The van der Waals surface area contributed by atoms with E-state index < -0.39 is 0 Å². The third kappa shape index (κ3) is 6.67. The van der Waals surface area contributed by atoms with Crippen molar-refractivity contribution in [1.29, 1.82) is 0 Å². The van der Waals surface area contributed by atoms with Gasteiger partial charge in [0.25, 0.3) is 0 Å². The van der Waals surface area contributed by atoms with Crippen molar-refractivity contribution in [3.05, 3.63) is 48.3 Å². The minimum absolute atomic E-state index is 0. The number of ether oxygens (including phenoxy) is 1. The molecule has 1 aromatic carbocycles. The van der Waals surface area contributed by atoms with Crippen molar-refractivity contribution in [3.63, 3.8) is 0 Å². The van der Waals surface area contributed by atoms with E-state index in [2.05, 4.69) is 49.5 Å². The number of piperazine rings is 1. The molecule has 0 saturated carbocycles. The molecule has 0 radical (unpaired) electrons. The van der Waals surface area contributed by atoms with Gasteiger partial charge in [0.05, 0.1) is 6.54 Å². The van der Waals surface area contributed by atoms with Gasteiger partial charge in [-0.2, -0.15) is 0 Å². The number of hydrogen-bond donors (Lipinski definition) is 2. The van der Waals surface area contributed by atoms with E-state index in [9.17, 15) is 0 Å². The summed E-state index contributed by atoms with van der Waals surface area (Å²) in [4.78, 5) is 18.1. The van der Waals surface area contributed by atoms with Crippen LogP contribution in [0.25, 0.3) is 0 Å². The molecule has 31 heavy (non-hydrogen) atoms. The largest absolute Gasteiger partial charge is 0.488 e. The summed E-state index contributed by atoms with van der Waals surface area (Å²) in [6.07, 6.45) is 4.64. The summed E-state index contributed by atoms with van der Waals surface area (Å²) in [6, 6.07) is 10.1. The van der Waals surface area contributed by atoms with Gasteiger partial charge in [-0.1, -0.05) is 18.2 Å². The maximum atomic E-state index is 6.00. The topological polar surface area (TPSA) is 77.9 Å². The van der Waals surface area contributed by atoms with E-state index in [1.807, 2.05) is 18.2 Å². The third-order valence-corrected chi connectivity index (χ3v) is 5.44. The van der Waals surface area contributed by atoms with Crippen LogP contribution in [0.5, 0.6) is 5.75 Å². The first-order valence-electron chi connectivity index (χ1n) is 10.8. The molecule has 1 fully saturated rings. The quantitative estimate of drug-likeness (QED) is 0.317. The monoisotopic (exact) mass is 537 g/mol. The molecule has 2 aromatic rings. The van der Waals surface area contributed by atoms with Gasteiger partial charge in [-0.3, -0.25) is 4.90 Å². The van der Waals surface area contributed by atoms with Crippen LogP contribution in [0.15, 0.2) is 47.7 Å². The van der Waals surface area contributed by atoms with E-state index >= 15 is 0 Å². The van der Waals surface area contributed by atoms with Crippen LogP contribution in [0.1, 0.15) is 12.5 Å². The lowest BCUT2D eigenvalue weighted by atomic mass is 10.1. The van der Waals surface area contributed by atoms with Crippen molar-refractivity contribution in [2.45, 2.75) is 19.4 Å². The Hall–Kier alpha value is -2.14. The molecule has 2 aliphatic heterocycles. The molecule has 1 unspecified atom stereocenters. The molecule has 1 aromatic heterocycles. The summed E-state index contributed by atoms with van der Waals surface area (Å²) in [7, 11) is 0. The van der Waals surface area contributed by atoms with E-state index in [1.165, 1.54) is 5.56 Å². The van der Waals surface area contributed by atoms with Gasteiger partial charge in [0.1, 0.15) is 11.9 Å². The molecule has 4 rings (SSSR count). The summed E-state index contributed by atoms with van der Waals surface area (Å²) >= 11 is 0. The molecular formula is C22H32IN7O. The Labute approximate surface area is 201 Å². The summed E-state index contributed by atoms with van der Waals surface area (Å²) in [5, 5.41) is 6.79. The Morgan fingerprint density at radius 1 is 1.10 bits per heavy atom. The fourth-order valence-electron chi connectivity index (χ4n) is 3.85. The zero-order valence-corrected chi connectivity index (χ0v) is 20.4. The van der Waals surface area contributed by atoms with Gasteiger partial charge in [-0.05, 0) is 24.6 Å². The molecule has 0 spiro atoms. The fourth-order valence-corrected chi connectivity index (χ4v) is 3.85. The number of fused-ring (bicyclic) bond motifs is 1. The van der Waals surface area contributed by atoms with Crippen LogP contribution in [-0.2, 0) is 6.42 Å². The molecule has 2 aliphatic rings. The zero-order valence-electron chi connectivity index (χ0n) is 18.0. The summed E-state index contributed by atoms with van der Waals surface area (Å²) in [5.74, 6) is 2.68. The molecule has 1 atom stereocenters. The van der Waals surface area contributed by atoms with Gasteiger partial charge in [0.2, 0.25) is 5.95 Å². The van der Waals surface area contributed by atoms with E-state index in [0.29, 0.717) is 6.54 Å². The van der Waals surface area contributed by atoms with Gasteiger partial charge in [0.15, 0.2) is 5.96 Å². The number of nitrogens with one attached hydrogen (secondary N) is 2. The van der Waals surface area contributed by atoms with Gasteiger partial charge in [0, 0.05) is 64.6 Å². The van der Waals surface area contributed by atoms with Crippen molar-refractivity contribution in [3.8, 4) is 5.75 Å². The number of anilines is 1. The van der Waals surface area contributed by atoms with Crippen molar-refractivity contribution in [2.75, 3.05) is 57.3 Å². The highest BCUT2D eigenvalue weighted by atomic mass is 127. The normalized spacial score (nSPS) is 18.7. The number of aliphatic imine (C=N–C) groups is 1. The van der Waals surface area contributed by atoms with E-state index in [1.54, 1.807) is 12.4 Å². The Bertz CT molecular complexity index is 803. The first kappa shape index (κ1) is 23.5. The van der Waals surface area contributed by atoms with Crippen molar-refractivity contribution in [2.24, 2.45) is 4.99 Å². The van der Waals surface area contributed by atoms with Crippen LogP contribution < -0.4 is 20.3 Å². The number of guanidine groups is 1. The Morgan fingerprint density at radius 2 is 1.87 bits per heavy atom. The number of benzene rings is 1. The second-order valence-corrected chi connectivity index (χ2v) is 7.58.